The van der Waals surface area contributed by atoms with Crippen LogP contribution in [0.15, 0.2) is 85.2 Å². The van der Waals surface area contributed by atoms with Gasteiger partial charge in [0.2, 0.25) is 0 Å². The molecule has 2 aliphatic heterocycles. The van der Waals surface area contributed by atoms with E-state index in [1.54, 1.807) is 58.9 Å². The number of benzene rings is 1. The lowest BCUT2D eigenvalue weighted by Gasteiger charge is -2.28. The van der Waals surface area contributed by atoms with Crippen LogP contribution in [0.5, 0.6) is 0 Å². The number of ketones is 1. The van der Waals surface area contributed by atoms with Crippen LogP contribution in [0.25, 0.3) is 0 Å². The zero-order valence-electron chi connectivity index (χ0n) is 24.8. The lowest BCUT2D eigenvalue weighted by atomic mass is 9.85. The van der Waals surface area contributed by atoms with E-state index in [2.05, 4.69) is 21.4 Å². The molecule has 1 N–H and O–H groups in total. The van der Waals surface area contributed by atoms with Gasteiger partial charge in [0.15, 0.2) is 5.78 Å². The van der Waals surface area contributed by atoms with Crippen LogP contribution < -0.4 is 5.32 Å². The van der Waals surface area contributed by atoms with Crippen molar-refractivity contribution >= 4 is 17.8 Å². The number of hydrogen-bond donors (Lipinski definition) is 1. The molecule has 2 amide bonds. The number of nitriles is 1. The molecule has 2 fully saturated rings. The summed E-state index contributed by atoms with van der Waals surface area (Å²) < 4.78 is 5.42. The van der Waals surface area contributed by atoms with Crippen LogP contribution in [0.2, 0.25) is 0 Å². The van der Waals surface area contributed by atoms with Crippen molar-refractivity contribution < 1.29 is 19.1 Å². The van der Waals surface area contributed by atoms with Gasteiger partial charge in [0.25, 0.3) is 5.91 Å². The normalized spacial score (nSPS) is 18.2. The van der Waals surface area contributed by atoms with E-state index in [1.807, 2.05) is 31.2 Å². The molecule has 44 heavy (non-hydrogen) atoms. The maximum Gasteiger partial charge on any atom is 0.409 e. The van der Waals surface area contributed by atoms with Gasteiger partial charge in [-0.25, -0.2) is 4.79 Å². The van der Waals surface area contributed by atoms with Crippen molar-refractivity contribution in [2.45, 2.75) is 44.6 Å². The fourth-order valence-electron chi connectivity index (χ4n) is 5.75. The molecule has 1 unspecified atom stereocenters. The summed E-state index contributed by atoms with van der Waals surface area (Å²) in [6, 6.07) is 16.0. The molecule has 0 bridgehead atoms. The summed E-state index contributed by atoms with van der Waals surface area (Å²) >= 11 is 0. The van der Waals surface area contributed by atoms with Crippen LogP contribution in [0.3, 0.4) is 0 Å². The smallest absolute Gasteiger partial charge is 0.409 e. The van der Waals surface area contributed by atoms with Crippen molar-refractivity contribution in [2.24, 2.45) is 5.92 Å². The zero-order chi connectivity index (χ0) is 30.9. The van der Waals surface area contributed by atoms with Gasteiger partial charge in [-0.15, -0.1) is 0 Å². The second-order valence-corrected chi connectivity index (χ2v) is 11.3. The van der Waals surface area contributed by atoms with Crippen LogP contribution in [-0.2, 0) is 22.4 Å². The van der Waals surface area contributed by atoms with Gasteiger partial charge in [0, 0.05) is 68.9 Å². The Kier molecular flexibility index (Phi) is 9.65. The first-order valence-corrected chi connectivity index (χ1v) is 15.0. The first-order chi connectivity index (χ1) is 21.4. The topological polar surface area (TPSA) is 129 Å². The quantitative estimate of drug-likeness (QED) is 0.198. The number of carbonyl (C=O) groups excluding carboxylic acids is 3. The van der Waals surface area contributed by atoms with E-state index in [0.717, 1.165) is 24.0 Å². The molecule has 1 atom stereocenters. The molecule has 226 valence electrons. The first kappa shape index (κ1) is 30.4. The Morgan fingerprint density at radius 1 is 1.05 bits per heavy atom. The Balaban J connectivity index is 1.46. The summed E-state index contributed by atoms with van der Waals surface area (Å²) in [7, 11) is 0. The predicted octanol–water partition coefficient (Wildman–Crippen LogP) is 4.29. The van der Waals surface area contributed by atoms with Crippen molar-refractivity contribution in [3.63, 3.8) is 0 Å². The number of likely N-dealkylation sites (tertiary alicyclic amines) is 1. The Labute approximate surface area is 257 Å². The second kappa shape index (κ2) is 14.0. The van der Waals surface area contributed by atoms with Gasteiger partial charge in [-0.05, 0) is 78.4 Å². The minimum absolute atomic E-state index is 0.00513. The molecule has 0 saturated carbocycles. The van der Waals surface area contributed by atoms with Crippen molar-refractivity contribution in [1.82, 2.24) is 25.1 Å². The summed E-state index contributed by atoms with van der Waals surface area (Å²) in [5, 5.41) is 12.6. The van der Waals surface area contributed by atoms with E-state index in [1.165, 1.54) is 6.08 Å². The Bertz CT molecular complexity index is 1490. The van der Waals surface area contributed by atoms with E-state index in [-0.39, 0.29) is 23.7 Å². The minimum Gasteiger partial charge on any atom is -0.449 e. The molecule has 2 aromatic heterocycles. The predicted molar refractivity (Wildman–Crippen MR) is 163 cm³/mol. The Hall–Kier alpha value is -5.04. The van der Waals surface area contributed by atoms with Gasteiger partial charge in [-0.1, -0.05) is 13.3 Å². The third kappa shape index (κ3) is 7.11. The Morgan fingerprint density at radius 2 is 1.68 bits per heavy atom. The van der Waals surface area contributed by atoms with Gasteiger partial charge in [0.05, 0.1) is 18.2 Å². The first-order valence-electron chi connectivity index (χ1n) is 15.0. The number of hydrogen-bond acceptors (Lipinski definition) is 8. The van der Waals surface area contributed by atoms with Crippen LogP contribution in [0.4, 0.5) is 4.79 Å². The van der Waals surface area contributed by atoms with E-state index in [9.17, 15) is 14.4 Å². The summed E-state index contributed by atoms with van der Waals surface area (Å²) in [6.07, 6.45) is 11.1. The molecule has 4 heterocycles. The van der Waals surface area contributed by atoms with E-state index in [0.29, 0.717) is 62.5 Å². The number of ether oxygens (including phenoxy) is 1. The summed E-state index contributed by atoms with van der Waals surface area (Å²) in [6.45, 7) is 3.79. The highest BCUT2D eigenvalue weighted by Crippen LogP contribution is 2.33. The lowest BCUT2D eigenvalue weighted by Crippen LogP contribution is -2.51. The number of aromatic nitrogens is 2. The number of allylic oxidation sites excluding steroid dienone is 1. The molecule has 1 aromatic carbocycles. The molecule has 5 rings (SSSR count). The highest BCUT2D eigenvalue weighted by molar-refractivity contribution is 6.06. The van der Waals surface area contributed by atoms with E-state index < -0.39 is 5.54 Å². The van der Waals surface area contributed by atoms with Crippen molar-refractivity contribution in [2.75, 3.05) is 26.2 Å². The molecule has 2 saturated heterocycles. The number of carbonyl (C=O) groups is 3. The molecule has 0 spiro atoms. The standard InChI is InChI=1S/C34H36N6O4/c1-2-3-18-44-33(43)39-17-12-28(23-39)24-40-31(19-30(41)29-6-4-27(22-35)5-7-29)38-34(32(40)42,20-25-8-13-36-14-9-25)21-26-10-15-37-16-11-26/h4-11,13-16,19,28,38H,2-3,12,17-18,20-21,23-24H2,1H3/b31-19+. The maximum absolute atomic E-state index is 14.6. The zero-order valence-corrected chi connectivity index (χ0v) is 24.8. The number of amides is 2. The summed E-state index contributed by atoms with van der Waals surface area (Å²) in [5.74, 6) is -0.0121. The third-order valence-corrected chi connectivity index (χ3v) is 8.10. The largest absolute Gasteiger partial charge is 0.449 e. The summed E-state index contributed by atoms with van der Waals surface area (Å²) in [4.78, 5) is 52.3. The van der Waals surface area contributed by atoms with Gasteiger partial charge < -0.3 is 15.0 Å². The molecule has 10 heteroatoms. The van der Waals surface area contributed by atoms with Crippen molar-refractivity contribution in [1.29, 1.82) is 5.26 Å². The Morgan fingerprint density at radius 3 is 2.27 bits per heavy atom. The molecule has 10 nitrogen and oxygen atoms in total. The molecule has 3 aromatic rings. The molecular weight excluding hydrogens is 556 g/mol. The number of rotatable bonds is 11. The number of nitrogens with one attached hydrogen (secondary N) is 1. The molecule has 0 aliphatic carbocycles. The monoisotopic (exact) mass is 592 g/mol. The number of nitrogens with zero attached hydrogens (tertiary/aromatic N) is 5. The van der Waals surface area contributed by atoms with Gasteiger partial charge in [-0.3, -0.25) is 24.5 Å². The average molecular weight is 593 g/mol. The number of unbranched alkanes of at least 4 members (excludes halogenated alkanes) is 1. The van der Waals surface area contributed by atoms with Gasteiger partial charge in [-0.2, -0.15) is 5.26 Å². The van der Waals surface area contributed by atoms with Crippen LogP contribution in [0.1, 0.15) is 53.2 Å². The van der Waals surface area contributed by atoms with Crippen molar-refractivity contribution in [3.8, 4) is 6.07 Å². The highest BCUT2D eigenvalue weighted by Gasteiger charge is 2.50. The molecule has 0 radical (unpaired) electrons. The van der Waals surface area contributed by atoms with Gasteiger partial charge >= 0.3 is 6.09 Å². The van der Waals surface area contributed by atoms with E-state index >= 15 is 0 Å². The van der Waals surface area contributed by atoms with Crippen LogP contribution in [0, 0.1) is 17.2 Å². The lowest BCUT2D eigenvalue weighted by molar-refractivity contribution is -0.132. The third-order valence-electron chi connectivity index (χ3n) is 8.10. The molecular formula is C34H36N6O4. The van der Waals surface area contributed by atoms with Gasteiger partial charge in [0.1, 0.15) is 11.4 Å². The number of pyridine rings is 2. The molecule has 2 aliphatic rings. The highest BCUT2D eigenvalue weighted by atomic mass is 16.6. The van der Waals surface area contributed by atoms with Crippen LogP contribution >= 0.6 is 0 Å². The second-order valence-electron chi connectivity index (χ2n) is 11.3. The summed E-state index contributed by atoms with van der Waals surface area (Å²) in [5.41, 5.74) is 1.65. The van der Waals surface area contributed by atoms with Crippen LogP contribution in [-0.4, -0.2) is 69.3 Å². The van der Waals surface area contributed by atoms with E-state index in [4.69, 9.17) is 10.00 Å². The average Bonchev–Trinajstić information content (AvgIpc) is 3.61. The van der Waals surface area contributed by atoms with Crippen molar-refractivity contribution in [3.05, 3.63) is 107 Å². The maximum atomic E-state index is 14.6. The SMILES string of the molecule is CCCCOC(=O)N1CCC(CN2C(=O)C(Cc3ccncc3)(Cc3ccncc3)N/C2=C\C(=O)c2ccc(C#N)cc2)C1. The fraction of sp³-hybridized carbons (Fsp3) is 0.353. The minimum atomic E-state index is -1.07. The fourth-order valence-corrected chi connectivity index (χ4v) is 5.75.